The molecule has 1 aromatic heterocycles. The normalized spacial score (nSPS) is 19.1. The van der Waals surface area contributed by atoms with E-state index in [-0.39, 0.29) is 30.5 Å². The second-order valence-corrected chi connectivity index (χ2v) is 7.52. The molecule has 0 N–H and O–H groups in total. The molecule has 29 heavy (non-hydrogen) atoms. The Kier molecular flexibility index (Phi) is 5.17. The van der Waals surface area contributed by atoms with Gasteiger partial charge in [0, 0.05) is 20.1 Å². The lowest BCUT2D eigenvalue weighted by molar-refractivity contribution is -0.145. The third kappa shape index (κ3) is 4.06. The molecule has 2 atom stereocenters. The Morgan fingerprint density at radius 2 is 2.07 bits per heavy atom. The summed E-state index contributed by atoms with van der Waals surface area (Å²) < 4.78 is 17.5. The molecule has 2 aromatic rings. The molecule has 8 heteroatoms. The molecule has 1 saturated carbocycles. The largest absolute Gasteiger partial charge is 0.466 e. The number of benzene rings is 1. The van der Waals surface area contributed by atoms with Gasteiger partial charge in [0.1, 0.15) is 5.69 Å². The van der Waals surface area contributed by atoms with E-state index in [1.54, 1.807) is 29.6 Å². The molecule has 2 heterocycles. The molecule has 1 aromatic carbocycles. The number of amides is 1. The standard InChI is InChI=1S/C21H25N3O5/c1-4-27-21(26)16-9-15(16)11-24(20(25)17-7-13(2)22-23(17)3)10-14-5-6-18-19(8-14)29-12-28-18/h5-8,15-16H,4,9-12H2,1-3H3/t15-,16+/m1/s1. The molecule has 1 aliphatic heterocycles. The first-order chi connectivity index (χ1) is 14.0. The summed E-state index contributed by atoms with van der Waals surface area (Å²) in [5.41, 5.74) is 2.25. The highest BCUT2D eigenvalue weighted by atomic mass is 16.7. The van der Waals surface area contributed by atoms with E-state index >= 15 is 0 Å². The highest BCUT2D eigenvalue weighted by molar-refractivity contribution is 5.92. The van der Waals surface area contributed by atoms with Crippen molar-refractivity contribution in [1.82, 2.24) is 14.7 Å². The topological polar surface area (TPSA) is 82.9 Å². The van der Waals surface area contributed by atoms with Crippen molar-refractivity contribution in [2.24, 2.45) is 18.9 Å². The number of rotatable bonds is 7. The molecular formula is C21H25N3O5. The number of fused-ring (bicyclic) bond motifs is 1. The Morgan fingerprint density at radius 3 is 2.79 bits per heavy atom. The maximum absolute atomic E-state index is 13.3. The van der Waals surface area contributed by atoms with Gasteiger partial charge < -0.3 is 19.1 Å². The van der Waals surface area contributed by atoms with Gasteiger partial charge in [-0.15, -0.1) is 0 Å². The number of ether oxygens (including phenoxy) is 3. The van der Waals surface area contributed by atoms with Crippen LogP contribution in [-0.4, -0.2) is 46.5 Å². The first kappa shape index (κ1) is 19.3. The second-order valence-electron chi connectivity index (χ2n) is 7.52. The highest BCUT2D eigenvalue weighted by Crippen LogP contribution is 2.41. The maximum Gasteiger partial charge on any atom is 0.309 e. The second kappa shape index (κ2) is 7.77. The lowest BCUT2D eigenvalue weighted by Crippen LogP contribution is -2.34. The van der Waals surface area contributed by atoms with E-state index in [1.807, 2.05) is 25.1 Å². The number of esters is 1. The summed E-state index contributed by atoms with van der Waals surface area (Å²) in [5.74, 6) is 1.08. The molecule has 0 saturated heterocycles. The van der Waals surface area contributed by atoms with Crippen LogP contribution in [0, 0.1) is 18.8 Å². The summed E-state index contributed by atoms with van der Waals surface area (Å²) in [5, 5.41) is 4.29. The van der Waals surface area contributed by atoms with Crippen LogP contribution in [0.15, 0.2) is 24.3 Å². The first-order valence-electron chi connectivity index (χ1n) is 9.81. The van der Waals surface area contributed by atoms with Crippen LogP contribution in [0.5, 0.6) is 11.5 Å². The predicted molar refractivity (Wildman–Crippen MR) is 103 cm³/mol. The summed E-state index contributed by atoms with van der Waals surface area (Å²) >= 11 is 0. The van der Waals surface area contributed by atoms with Crippen LogP contribution >= 0.6 is 0 Å². The average molecular weight is 399 g/mol. The van der Waals surface area contributed by atoms with Crippen molar-refractivity contribution in [3.8, 4) is 11.5 Å². The zero-order valence-corrected chi connectivity index (χ0v) is 16.9. The van der Waals surface area contributed by atoms with E-state index in [1.165, 1.54) is 0 Å². The molecule has 154 valence electrons. The molecule has 1 aliphatic carbocycles. The average Bonchev–Trinajstić information content (AvgIpc) is 3.15. The molecule has 0 spiro atoms. The molecule has 8 nitrogen and oxygen atoms in total. The van der Waals surface area contributed by atoms with E-state index < -0.39 is 0 Å². The zero-order valence-electron chi connectivity index (χ0n) is 16.9. The maximum atomic E-state index is 13.3. The summed E-state index contributed by atoms with van der Waals surface area (Å²) in [6.07, 6.45) is 0.744. The van der Waals surface area contributed by atoms with Crippen molar-refractivity contribution < 1.29 is 23.8 Å². The Balaban J connectivity index is 1.53. The molecule has 0 radical (unpaired) electrons. The fourth-order valence-electron chi connectivity index (χ4n) is 3.72. The fraction of sp³-hybridized carbons (Fsp3) is 0.476. The minimum Gasteiger partial charge on any atom is -0.466 e. The Morgan fingerprint density at radius 1 is 1.28 bits per heavy atom. The fourth-order valence-corrected chi connectivity index (χ4v) is 3.72. The van der Waals surface area contributed by atoms with Crippen molar-refractivity contribution >= 4 is 11.9 Å². The zero-order chi connectivity index (χ0) is 20.5. The Bertz CT molecular complexity index is 938. The van der Waals surface area contributed by atoms with Crippen molar-refractivity contribution in [1.29, 1.82) is 0 Å². The van der Waals surface area contributed by atoms with Crippen LogP contribution in [0.1, 0.15) is 35.1 Å². The van der Waals surface area contributed by atoms with Gasteiger partial charge in [-0.05, 0) is 49.9 Å². The van der Waals surface area contributed by atoms with E-state index in [9.17, 15) is 9.59 Å². The van der Waals surface area contributed by atoms with Crippen molar-refractivity contribution in [2.45, 2.75) is 26.8 Å². The molecule has 1 fully saturated rings. The minimum absolute atomic E-state index is 0.111. The third-order valence-electron chi connectivity index (χ3n) is 5.29. The van der Waals surface area contributed by atoms with Crippen LogP contribution in [0.25, 0.3) is 0 Å². The smallest absolute Gasteiger partial charge is 0.309 e. The Hall–Kier alpha value is -3.03. The molecule has 1 amide bonds. The van der Waals surface area contributed by atoms with E-state index in [0.29, 0.717) is 36.9 Å². The van der Waals surface area contributed by atoms with Crippen LogP contribution < -0.4 is 9.47 Å². The SMILES string of the molecule is CCOC(=O)[C@H]1C[C@@H]1CN(Cc1ccc2c(c1)OCO2)C(=O)c1cc(C)nn1C. The van der Waals surface area contributed by atoms with Gasteiger partial charge in [0.15, 0.2) is 11.5 Å². The van der Waals surface area contributed by atoms with E-state index in [4.69, 9.17) is 14.2 Å². The molecular weight excluding hydrogens is 374 g/mol. The number of aromatic nitrogens is 2. The monoisotopic (exact) mass is 399 g/mol. The van der Waals surface area contributed by atoms with Crippen molar-refractivity contribution in [3.05, 3.63) is 41.2 Å². The Labute approximate surface area is 169 Å². The lowest BCUT2D eigenvalue weighted by Gasteiger charge is -2.23. The molecule has 4 rings (SSSR count). The lowest BCUT2D eigenvalue weighted by atomic mass is 10.1. The minimum atomic E-state index is -0.177. The number of aryl methyl sites for hydroxylation is 2. The van der Waals surface area contributed by atoms with E-state index in [2.05, 4.69) is 5.10 Å². The van der Waals surface area contributed by atoms with Crippen molar-refractivity contribution in [3.63, 3.8) is 0 Å². The third-order valence-corrected chi connectivity index (χ3v) is 5.29. The van der Waals surface area contributed by atoms with Gasteiger partial charge in [-0.3, -0.25) is 14.3 Å². The highest BCUT2D eigenvalue weighted by Gasteiger charge is 2.45. The van der Waals surface area contributed by atoms with Gasteiger partial charge in [0.2, 0.25) is 6.79 Å². The summed E-state index contributed by atoms with van der Waals surface area (Å²) in [7, 11) is 1.76. The number of hydrogen-bond donors (Lipinski definition) is 0. The van der Waals surface area contributed by atoms with E-state index in [0.717, 1.165) is 17.7 Å². The number of carbonyl (C=O) groups excluding carboxylic acids is 2. The number of carbonyl (C=O) groups is 2. The predicted octanol–water partition coefficient (Wildman–Crippen LogP) is 2.30. The van der Waals surface area contributed by atoms with Crippen LogP contribution in [0.4, 0.5) is 0 Å². The van der Waals surface area contributed by atoms with Crippen LogP contribution in [0.3, 0.4) is 0 Å². The molecule has 2 aliphatic rings. The number of nitrogens with zero attached hydrogens (tertiary/aromatic N) is 3. The summed E-state index contributed by atoms with van der Waals surface area (Å²) in [4.78, 5) is 27.1. The summed E-state index contributed by atoms with van der Waals surface area (Å²) in [6, 6.07) is 7.46. The quantitative estimate of drug-likeness (QED) is 0.665. The first-order valence-corrected chi connectivity index (χ1v) is 9.81. The van der Waals surface area contributed by atoms with Crippen LogP contribution in [0.2, 0.25) is 0 Å². The summed E-state index contributed by atoms with van der Waals surface area (Å²) in [6.45, 7) is 5.13. The van der Waals surface area contributed by atoms with Gasteiger partial charge in [-0.2, -0.15) is 5.10 Å². The van der Waals surface area contributed by atoms with Crippen molar-refractivity contribution in [2.75, 3.05) is 19.9 Å². The molecule has 0 bridgehead atoms. The van der Waals surface area contributed by atoms with Gasteiger partial charge >= 0.3 is 5.97 Å². The number of hydrogen-bond acceptors (Lipinski definition) is 6. The molecule has 0 unspecified atom stereocenters. The van der Waals surface area contributed by atoms with Gasteiger partial charge in [-0.25, -0.2) is 0 Å². The van der Waals surface area contributed by atoms with Crippen LogP contribution in [-0.2, 0) is 23.1 Å². The van der Waals surface area contributed by atoms with Gasteiger partial charge in [0.05, 0.1) is 18.2 Å². The van der Waals surface area contributed by atoms with Gasteiger partial charge in [0.25, 0.3) is 5.91 Å². The van der Waals surface area contributed by atoms with Gasteiger partial charge in [-0.1, -0.05) is 6.07 Å².